The minimum Gasteiger partial charge on any atom is -0.377 e. The van der Waals surface area contributed by atoms with E-state index in [9.17, 15) is 4.79 Å². The third-order valence-corrected chi connectivity index (χ3v) is 5.15. The Kier molecular flexibility index (Phi) is 10.9. The van der Waals surface area contributed by atoms with Crippen molar-refractivity contribution in [3.8, 4) is 11.3 Å². The Morgan fingerprint density at radius 3 is 2.31 bits per heavy atom. The molecule has 2 aromatic rings. The number of ketones is 1. The SMILES string of the molecule is CCCN(/C=C(\C=NCCN)Cc1cc(C(C)=O)cc(-c2cc(Cl)cc(Cl)c2)n1)CCC. The van der Waals surface area contributed by atoms with Gasteiger partial charge in [-0.15, -0.1) is 0 Å². The van der Waals surface area contributed by atoms with Gasteiger partial charge in [0.2, 0.25) is 0 Å². The largest absolute Gasteiger partial charge is 0.377 e. The van der Waals surface area contributed by atoms with Gasteiger partial charge >= 0.3 is 0 Å². The van der Waals surface area contributed by atoms with Gasteiger partial charge < -0.3 is 10.6 Å². The van der Waals surface area contributed by atoms with Gasteiger partial charge in [0.05, 0.1) is 12.2 Å². The number of pyridine rings is 1. The highest BCUT2D eigenvalue weighted by Gasteiger charge is 2.11. The molecule has 0 saturated carbocycles. The van der Waals surface area contributed by atoms with Crippen molar-refractivity contribution in [2.45, 2.75) is 40.0 Å². The number of halogens is 2. The predicted octanol–water partition coefficient (Wildman–Crippen LogP) is 5.84. The second-order valence-corrected chi connectivity index (χ2v) is 8.56. The van der Waals surface area contributed by atoms with Crippen molar-refractivity contribution in [3.63, 3.8) is 0 Å². The van der Waals surface area contributed by atoms with Crippen LogP contribution in [0, 0.1) is 0 Å². The molecule has 0 radical (unpaired) electrons. The average Bonchev–Trinajstić information content (AvgIpc) is 2.73. The first kappa shape index (κ1) is 26.0. The van der Waals surface area contributed by atoms with E-state index in [1.165, 1.54) is 0 Å². The molecule has 7 heteroatoms. The Morgan fingerprint density at radius 1 is 1.09 bits per heavy atom. The predicted molar refractivity (Wildman–Crippen MR) is 136 cm³/mol. The molecule has 2 N–H and O–H groups in total. The summed E-state index contributed by atoms with van der Waals surface area (Å²) in [4.78, 5) is 23.8. The lowest BCUT2D eigenvalue weighted by molar-refractivity contribution is 0.101. The van der Waals surface area contributed by atoms with Crippen LogP contribution in [0.25, 0.3) is 11.3 Å². The molecule has 1 aromatic heterocycles. The second-order valence-electron chi connectivity index (χ2n) is 7.69. The van der Waals surface area contributed by atoms with E-state index in [2.05, 4.69) is 29.9 Å². The molecule has 0 bridgehead atoms. The maximum Gasteiger partial charge on any atom is 0.159 e. The van der Waals surface area contributed by atoms with Gasteiger partial charge in [0.25, 0.3) is 0 Å². The highest BCUT2D eigenvalue weighted by molar-refractivity contribution is 6.35. The number of nitrogens with two attached hydrogens (primary N) is 1. The van der Waals surface area contributed by atoms with E-state index < -0.39 is 0 Å². The number of hydrogen-bond donors (Lipinski definition) is 1. The van der Waals surface area contributed by atoms with E-state index in [1.807, 2.05) is 12.3 Å². The summed E-state index contributed by atoms with van der Waals surface area (Å²) in [5.74, 6) is -0.0241. The quantitative estimate of drug-likeness (QED) is 0.309. The van der Waals surface area contributed by atoms with E-state index in [0.29, 0.717) is 40.8 Å². The number of allylic oxidation sites excluding steroid dienone is 1. The number of rotatable bonds is 12. The Labute approximate surface area is 201 Å². The molecule has 0 aliphatic carbocycles. The zero-order chi connectivity index (χ0) is 23.5. The van der Waals surface area contributed by atoms with Crippen molar-refractivity contribution >= 4 is 35.2 Å². The summed E-state index contributed by atoms with van der Waals surface area (Å²) in [5.41, 5.74) is 9.44. The lowest BCUT2D eigenvalue weighted by atomic mass is 10.0. The molecule has 0 unspecified atom stereocenters. The van der Waals surface area contributed by atoms with Crippen LogP contribution < -0.4 is 5.73 Å². The van der Waals surface area contributed by atoms with E-state index >= 15 is 0 Å². The smallest absolute Gasteiger partial charge is 0.159 e. The fourth-order valence-electron chi connectivity index (χ4n) is 3.37. The number of hydrogen-bond acceptors (Lipinski definition) is 5. The number of Topliss-reactive ketones (excluding diaryl/α,β-unsaturated/α-hetero) is 1. The molecule has 32 heavy (non-hydrogen) atoms. The van der Waals surface area contributed by atoms with E-state index in [0.717, 1.165) is 42.8 Å². The van der Waals surface area contributed by atoms with Crippen LogP contribution in [0.5, 0.6) is 0 Å². The topological polar surface area (TPSA) is 71.6 Å². The van der Waals surface area contributed by atoms with Crippen LogP contribution in [-0.2, 0) is 6.42 Å². The van der Waals surface area contributed by atoms with Gasteiger partial charge in [-0.3, -0.25) is 14.8 Å². The van der Waals surface area contributed by atoms with Crippen LogP contribution >= 0.6 is 23.2 Å². The fourth-order valence-corrected chi connectivity index (χ4v) is 3.90. The highest BCUT2D eigenvalue weighted by Crippen LogP contribution is 2.27. The first-order chi connectivity index (χ1) is 15.4. The molecule has 0 atom stereocenters. The minimum absolute atomic E-state index is 0.0241. The molecule has 0 fully saturated rings. The number of benzene rings is 1. The summed E-state index contributed by atoms with van der Waals surface area (Å²) in [7, 11) is 0. The van der Waals surface area contributed by atoms with Crippen LogP contribution in [0.4, 0.5) is 0 Å². The first-order valence-corrected chi connectivity index (χ1v) is 11.7. The molecular formula is C25H32Cl2N4O. The molecule has 0 saturated heterocycles. The zero-order valence-corrected chi connectivity index (χ0v) is 20.6. The van der Waals surface area contributed by atoms with E-state index in [4.69, 9.17) is 33.9 Å². The Morgan fingerprint density at radius 2 is 1.75 bits per heavy atom. The Balaban J connectivity index is 2.49. The maximum atomic E-state index is 12.2. The van der Waals surface area contributed by atoms with Gasteiger partial charge in [-0.05, 0) is 55.7 Å². The molecule has 0 amide bonds. The van der Waals surface area contributed by atoms with Gasteiger partial charge in [0.15, 0.2) is 5.78 Å². The van der Waals surface area contributed by atoms with Gasteiger partial charge in [0.1, 0.15) is 0 Å². The average molecular weight is 475 g/mol. The Bertz CT molecular complexity index is 946. The van der Waals surface area contributed by atoms with Crippen molar-refractivity contribution in [2.75, 3.05) is 26.2 Å². The summed E-state index contributed by atoms with van der Waals surface area (Å²) < 4.78 is 0. The standard InChI is InChI=1S/C25H32Cl2N4O/c1-4-8-31(9-5-2)17-19(16-29-7-6-28)10-24-13-20(18(3)32)14-25(30-24)21-11-22(26)15-23(27)12-21/h11-17H,4-10,28H2,1-3H3/b19-17-,29-16?. The fraction of sp³-hybridized carbons (Fsp3) is 0.400. The van der Waals surface area contributed by atoms with Crippen LogP contribution in [0.1, 0.15) is 49.7 Å². The summed E-state index contributed by atoms with van der Waals surface area (Å²) in [5, 5.41) is 1.04. The van der Waals surface area contributed by atoms with Gasteiger partial charge in [0, 0.05) is 65.3 Å². The number of carbonyl (C=O) groups excluding carboxylic acids is 1. The summed E-state index contributed by atoms with van der Waals surface area (Å²) in [6.07, 6.45) is 6.66. The van der Waals surface area contributed by atoms with Gasteiger partial charge in [-0.2, -0.15) is 0 Å². The lowest BCUT2D eigenvalue weighted by Gasteiger charge is -2.20. The third-order valence-electron chi connectivity index (χ3n) is 4.71. The molecule has 172 valence electrons. The minimum atomic E-state index is -0.0241. The van der Waals surface area contributed by atoms with Crippen molar-refractivity contribution in [2.24, 2.45) is 10.7 Å². The van der Waals surface area contributed by atoms with Crippen molar-refractivity contribution in [1.82, 2.24) is 9.88 Å². The molecule has 1 aromatic carbocycles. The number of aromatic nitrogens is 1. The summed E-state index contributed by atoms with van der Waals surface area (Å²) >= 11 is 12.4. The summed E-state index contributed by atoms with van der Waals surface area (Å²) in [6, 6.07) is 8.89. The third kappa shape index (κ3) is 8.38. The summed E-state index contributed by atoms with van der Waals surface area (Å²) in [6.45, 7) is 8.88. The normalized spacial score (nSPS) is 11.9. The molecule has 2 rings (SSSR count). The van der Waals surface area contributed by atoms with Crippen LogP contribution in [-0.4, -0.2) is 48.1 Å². The van der Waals surface area contributed by atoms with Crippen LogP contribution in [0.2, 0.25) is 10.0 Å². The molecule has 1 heterocycles. The second kappa shape index (κ2) is 13.4. The van der Waals surface area contributed by atoms with Crippen LogP contribution in [0.15, 0.2) is 47.1 Å². The Hall–Kier alpha value is -2.21. The molecule has 0 aliphatic rings. The molecular weight excluding hydrogens is 443 g/mol. The van der Waals surface area contributed by atoms with Gasteiger partial charge in [-0.25, -0.2) is 0 Å². The van der Waals surface area contributed by atoms with Crippen molar-refractivity contribution in [1.29, 1.82) is 0 Å². The van der Waals surface area contributed by atoms with Gasteiger partial charge in [-0.1, -0.05) is 37.0 Å². The van der Waals surface area contributed by atoms with E-state index in [-0.39, 0.29) is 5.78 Å². The van der Waals surface area contributed by atoms with Crippen molar-refractivity contribution in [3.05, 3.63) is 63.4 Å². The monoisotopic (exact) mass is 474 g/mol. The molecule has 0 aliphatic heterocycles. The molecule has 0 spiro atoms. The highest BCUT2D eigenvalue weighted by atomic mass is 35.5. The van der Waals surface area contributed by atoms with Crippen LogP contribution in [0.3, 0.4) is 0 Å². The maximum absolute atomic E-state index is 12.2. The number of carbonyl (C=O) groups is 1. The molecule has 5 nitrogen and oxygen atoms in total. The van der Waals surface area contributed by atoms with E-state index in [1.54, 1.807) is 31.2 Å². The lowest BCUT2D eigenvalue weighted by Crippen LogP contribution is -2.20. The number of nitrogens with zero attached hydrogens (tertiary/aromatic N) is 3. The first-order valence-electron chi connectivity index (χ1n) is 11.0. The van der Waals surface area contributed by atoms with Crippen molar-refractivity contribution < 1.29 is 4.79 Å². The zero-order valence-electron chi connectivity index (χ0n) is 19.1. The number of aliphatic imine (C=N–C) groups is 1.